The fraction of sp³-hybridized carbons (Fsp3) is 0.417. The normalized spacial score (nSPS) is 9.88. The molecule has 1 aromatic rings. The third kappa shape index (κ3) is 3.15. The molecule has 0 aliphatic rings. The number of hydrogen-bond acceptors (Lipinski definition) is 3. The lowest BCUT2D eigenvalue weighted by molar-refractivity contribution is -0.137. The molecular formula is C12H17NO3. The molecule has 1 rings (SSSR count). The van der Waals surface area contributed by atoms with Crippen LogP contribution in [0.15, 0.2) is 18.2 Å². The second-order valence-electron chi connectivity index (χ2n) is 3.48. The first-order valence-electron chi connectivity index (χ1n) is 5.24. The molecule has 1 aromatic carbocycles. The van der Waals surface area contributed by atoms with Crippen molar-refractivity contribution in [3.05, 3.63) is 23.8 Å². The number of methoxy groups -OCH3 is 1. The van der Waals surface area contributed by atoms with E-state index in [9.17, 15) is 4.79 Å². The highest BCUT2D eigenvalue weighted by Crippen LogP contribution is 2.27. The van der Waals surface area contributed by atoms with Gasteiger partial charge in [-0.2, -0.15) is 0 Å². The average molecular weight is 223 g/mol. The van der Waals surface area contributed by atoms with Crippen LogP contribution >= 0.6 is 0 Å². The molecule has 0 aliphatic heterocycles. The van der Waals surface area contributed by atoms with Crippen LogP contribution in [-0.4, -0.2) is 25.2 Å². The van der Waals surface area contributed by atoms with E-state index in [1.807, 2.05) is 25.2 Å². The lowest BCUT2D eigenvalue weighted by atomic mass is 10.0. The molecule has 0 aromatic heterocycles. The Labute approximate surface area is 95.2 Å². The maximum Gasteiger partial charge on any atom is 0.303 e. The molecule has 0 unspecified atom stereocenters. The summed E-state index contributed by atoms with van der Waals surface area (Å²) in [6.45, 7) is 0. The third-order valence-electron chi connectivity index (χ3n) is 2.44. The maximum absolute atomic E-state index is 10.5. The first-order chi connectivity index (χ1) is 7.69. The van der Waals surface area contributed by atoms with Crippen molar-refractivity contribution in [1.82, 2.24) is 0 Å². The van der Waals surface area contributed by atoms with E-state index in [4.69, 9.17) is 9.84 Å². The zero-order valence-electron chi connectivity index (χ0n) is 9.62. The number of aliphatic carboxylic acids is 1. The van der Waals surface area contributed by atoms with E-state index in [1.54, 1.807) is 7.11 Å². The fourth-order valence-corrected chi connectivity index (χ4v) is 1.67. The van der Waals surface area contributed by atoms with Crippen LogP contribution in [0.4, 0.5) is 5.69 Å². The Balaban J connectivity index is 2.78. The molecule has 0 fully saturated rings. The molecule has 0 radical (unpaired) electrons. The first kappa shape index (κ1) is 12.4. The second kappa shape index (κ2) is 6.00. The number of nitrogens with one attached hydrogen (secondary N) is 1. The summed E-state index contributed by atoms with van der Waals surface area (Å²) in [6.07, 6.45) is 1.50. The molecule has 88 valence electrons. The van der Waals surface area contributed by atoms with Crippen LogP contribution in [0.2, 0.25) is 0 Å². The van der Waals surface area contributed by atoms with Crippen molar-refractivity contribution in [1.29, 1.82) is 0 Å². The van der Waals surface area contributed by atoms with Gasteiger partial charge in [-0.05, 0) is 25.0 Å². The predicted molar refractivity (Wildman–Crippen MR) is 63.1 cm³/mol. The smallest absolute Gasteiger partial charge is 0.303 e. The third-order valence-corrected chi connectivity index (χ3v) is 2.44. The standard InChI is InChI=1S/C12H17NO3/c1-13-10-6-4-7-11(16-2)9(10)5-3-8-12(14)15/h4,6-7,13H,3,5,8H2,1-2H3,(H,14,15). The van der Waals surface area contributed by atoms with Gasteiger partial charge in [0.15, 0.2) is 0 Å². The molecule has 16 heavy (non-hydrogen) atoms. The van der Waals surface area contributed by atoms with Gasteiger partial charge in [-0.1, -0.05) is 6.07 Å². The van der Waals surface area contributed by atoms with Gasteiger partial charge in [-0.25, -0.2) is 0 Å². The van der Waals surface area contributed by atoms with Gasteiger partial charge in [0.05, 0.1) is 7.11 Å². The van der Waals surface area contributed by atoms with Crippen molar-refractivity contribution in [3.8, 4) is 5.75 Å². The van der Waals surface area contributed by atoms with Crippen LogP contribution < -0.4 is 10.1 Å². The number of carboxylic acids is 1. The van der Waals surface area contributed by atoms with Crippen molar-refractivity contribution < 1.29 is 14.6 Å². The van der Waals surface area contributed by atoms with Crippen molar-refractivity contribution in [2.45, 2.75) is 19.3 Å². The summed E-state index contributed by atoms with van der Waals surface area (Å²) in [4.78, 5) is 10.5. The molecular weight excluding hydrogens is 206 g/mol. The summed E-state index contributed by atoms with van der Waals surface area (Å²) in [6, 6.07) is 5.75. The van der Waals surface area contributed by atoms with Gasteiger partial charge in [-0.3, -0.25) is 4.79 Å². The minimum Gasteiger partial charge on any atom is -0.496 e. The number of carbonyl (C=O) groups is 1. The quantitative estimate of drug-likeness (QED) is 0.775. The molecule has 0 saturated carbocycles. The topological polar surface area (TPSA) is 58.6 Å². The molecule has 4 nitrogen and oxygen atoms in total. The van der Waals surface area contributed by atoms with Crippen molar-refractivity contribution >= 4 is 11.7 Å². The Morgan fingerprint density at radius 1 is 1.50 bits per heavy atom. The molecule has 0 saturated heterocycles. The summed E-state index contributed by atoms with van der Waals surface area (Å²) in [7, 11) is 3.46. The Hall–Kier alpha value is -1.71. The van der Waals surface area contributed by atoms with Crippen LogP contribution in [0.3, 0.4) is 0 Å². The van der Waals surface area contributed by atoms with E-state index in [0.717, 1.165) is 17.0 Å². The fourth-order valence-electron chi connectivity index (χ4n) is 1.67. The van der Waals surface area contributed by atoms with Gasteiger partial charge in [0.25, 0.3) is 0 Å². The predicted octanol–water partition coefficient (Wildman–Crippen LogP) is 2.14. The van der Waals surface area contributed by atoms with Crippen molar-refractivity contribution in [2.75, 3.05) is 19.5 Å². The Morgan fingerprint density at radius 3 is 2.81 bits per heavy atom. The molecule has 0 bridgehead atoms. The highest BCUT2D eigenvalue weighted by Gasteiger charge is 2.08. The van der Waals surface area contributed by atoms with Gasteiger partial charge in [-0.15, -0.1) is 0 Å². The van der Waals surface area contributed by atoms with Crippen molar-refractivity contribution in [2.24, 2.45) is 0 Å². The van der Waals surface area contributed by atoms with Gasteiger partial charge in [0.2, 0.25) is 0 Å². The zero-order valence-corrected chi connectivity index (χ0v) is 9.62. The highest BCUT2D eigenvalue weighted by molar-refractivity contribution is 5.66. The number of carboxylic acid groups (broad SMARTS) is 1. The number of anilines is 1. The average Bonchev–Trinajstić information content (AvgIpc) is 2.28. The van der Waals surface area contributed by atoms with E-state index in [0.29, 0.717) is 12.8 Å². The molecule has 0 heterocycles. The molecule has 0 amide bonds. The lowest BCUT2D eigenvalue weighted by Gasteiger charge is -2.13. The van der Waals surface area contributed by atoms with E-state index in [-0.39, 0.29) is 6.42 Å². The summed E-state index contributed by atoms with van der Waals surface area (Å²) in [5, 5.41) is 11.7. The van der Waals surface area contributed by atoms with E-state index in [1.165, 1.54) is 0 Å². The molecule has 0 spiro atoms. The van der Waals surface area contributed by atoms with Crippen LogP contribution in [0.1, 0.15) is 18.4 Å². The summed E-state index contributed by atoms with van der Waals surface area (Å²) in [5.41, 5.74) is 2.03. The van der Waals surface area contributed by atoms with Gasteiger partial charge < -0.3 is 15.2 Å². The molecule has 0 aliphatic carbocycles. The Morgan fingerprint density at radius 2 is 2.25 bits per heavy atom. The van der Waals surface area contributed by atoms with Crippen molar-refractivity contribution in [3.63, 3.8) is 0 Å². The summed E-state index contributed by atoms with van der Waals surface area (Å²) < 4.78 is 5.26. The summed E-state index contributed by atoms with van der Waals surface area (Å²) in [5.74, 6) is 0.0399. The van der Waals surface area contributed by atoms with E-state index < -0.39 is 5.97 Å². The largest absolute Gasteiger partial charge is 0.496 e. The number of ether oxygens (including phenoxy) is 1. The molecule has 0 atom stereocenters. The SMILES string of the molecule is CNc1cccc(OC)c1CCCC(=O)O. The number of benzene rings is 1. The van der Waals surface area contributed by atoms with Gasteiger partial charge in [0.1, 0.15) is 5.75 Å². The first-order valence-corrected chi connectivity index (χ1v) is 5.24. The van der Waals surface area contributed by atoms with Gasteiger partial charge >= 0.3 is 5.97 Å². The van der Waals surface area contributed by atoms with Gasteiger partial charge in [0, 0.05) is 24.7 Å². The van der Waals surface area contributed by atoms with E-state index >= 15 is 0 Å². The maximum atomic E-state index is 10.5. The number of rotatable bonds is 6. The molecule has 4 heteroatoms. The van der Waals surface area contributed by atoms with E-state index in [2.05, 4.69) is 5.32 Å². The second-order valence-corrected chi connectivity index (χ2v) is 3.48. The highest BCUT2D eigenvalue weighted by atomic mass is 16.5. The summed E-state index contributed by atoms with van der Waals surface area (Å²) >= 11 is 0. The zero-order chi connectivity index (χ0) is 12.0. The molecule has 2 N–H and O–H groups in total. The van der Waals surface area contributed by atoms with Crippen LogP contribution in [0.25, 0.3) is 0 Å². The number of hydrogen-bond donors (Lipinski definition) is 2. The monoisotopic (exact) mass is 223 g/mol. The van der Waals surface area contributed by atoms with Crippen LogP contribution in [-0.2, 0) is 11.2 Å². The van der Waals surface area contributed by atoms with Crippen LogP contribution in [0, 0.1) is 0 Å². The Kier molecular flexibility index (Phi) is 4.64. The Bertz CT molecular complexity index is 341. The minimum atomic E-state index is -0.763. The lowest BCUT2D eigenvalue weighted by Crippen LogP contribution is -2.01. The minimum absolute atomic E-state index is 0.182. The van der Waals surface area contributed by atoms with Crippen LogP contribution in [0.5, 0.6) is 5.75 Å².